The topological polar surface area (TPSA) is 63.2 Å². The molecule has 2 unspecified atom stereocenters. The summed E-state index contributed by atoms with van der Waals surface area (Å²) in [6, 6.07) is 8.79. The van der Waals surface area contributed by atoms with Gasteiger partial charge in [-0.1, -0.05) is 24.6 Å². The Morgan fingerprint density at radius 1 is 1.30 bits per heavy atom. The molecule has 0 aromatic heterocycles. The van der Waals surface area contributed by atoms with E-state index in [4.69, 9.17) is 11.6 Å². The molecule has 2 atom stereocenters. The van der Waals surface area contributed by atoms with Crippen molar-refractivity contribution in [3.63, 3.8) is 0 Å². The monoisotopic (exact) mass is 434 g/mol. The van der Waals surface area contributed by atoms with Crippen molar-refractivity contribution in [2.24, 2.45) is 4.99 Å². The second kappa shape index (κ2) is 10.9. The lowest BCUT2D eigenvalue weighted by atomic mass is 10.2. The third-order valence-electron chi connectivity index (χ3n) is 5.98. The second-order valence-electron chi connectivity index (χ2n) is 8.31. The number of carbonyl (C=O) groups is 1. The number of aliphatic imine (C=N–C) groups is 1. The van der Waals surface area contributed by atoms with Crippen molar-refractivity contribution < 1.29 is 4.79 Å². The van der Waals surface area contributed by atoms with E-state index in [-0.39, 0.29) is 18.5 Å². The van der Waals surface area contributed by atoms with Gasteiger partial charge in [0.15, 0.2) is 5.96 Å². The van der Waals surface area contributed by atoms with Gasteiger partial charge in [-0.15, -0.1) is 0 Å². The highest BCUT2D eigenvalue weighted by Gasteiger charge is 2.26. The van der Waals surface area contributed by atoms with E-state index >= 15 is 0 Å². The fraction of sp³-hybridized carbons (Fsp3) is 0.636. The van der Waals surface area contributed by atoms with E-state index in [1.807, 2.05) is 18.2 Å². The average molecular weight is 435 g/mol. The Balaban J connectivity index is 1.60. The number of likely N-dealkylation sites (N-methyl/N-ethyl adjacent to an activating group) is 2. The van der Waals surface area contributed by atoms with Crippen LogP contribution in [0.25, 0.3) is 0 Å². The Morgan fingerprint density at radius 2 is 2.13 bits per heavy atom. The van der Waals surface area contributed by atoms with Crippen LogP contribution >= 0.6 is 11.6 Å². The highest BCUT2D eigenvalue weighted by atomic mass is 35.5. The zero-order valence-electron chi connectivity index (χ0n) is 18.4. The van der Waals surface area contributed by atoms with Crippen molar-refractivity contribution in [2.75, 3.05) is 58.3 Å². The van der Waals surface area contributed by atoms with Gasteiger partial charge in [-0.25, -0.2) is 4.99 Å². The van der Waals surface area contributed by atoms with Gasteiger partial charge in [0, 0.05) is 56.5 Å². The molecule has 3 rings (SSSR count). The highest BCUT2D eigenvalue weighted by molar-refractivity contribution is 6.30. The Kier molecular flexibility index (Phi) is 8.22. The van der Waals surface area contributed by atoms with E-state index in [1.54, 1.807) is 19.0 Å². The van der Waals surface area contributed by atoms with Crippen LogP contribution in [0.2, 0.25) is 5.02 Å². The van der Waals surface area contributed by atoms with E-state index in [1.165, 1.54) is 19.4 Å². The molecule has 0 bridgehead atoms. The molecule has 0 saturated carbocycles. The third-order valence-corrected chi connectivity index (χ3v) is 6.22. The van der Waals surface area contributed by atoms with Crippen molar-refractivity contribution in [1.29, 1.82) is 0 Å². The van der Waals surface area contributed by atoms with Crippen LogP contribution in [0.15, 0.2) is 29.3 Å². The number of likely N-dealkylation sites (tertiary alicyclic amines) is 1. The fourth-order valence-corrected chi connectivity index (χ4v) is 4.36. The van der Waals surface area contributed by atoms with E-state index < -0.39 is 0 Å². The minimum Gasteiger partial charge on any atom is -0.369 e. The number of nitrogens with one attached hydrogen (secondary N) is 2. The molecule has 7 nitrogen and oxygen atoms in total. The van der Waals surface area contributed by atoms with Crippen LogP contribution in [0.4, 0.5) is 5.69 Å². The van der Waals surface area contributed by atoms with Crippen LogP contribution in [-0.4, -0.2) is 87.1 Å². The summed E-state index contributed by atoms with van der Waals surface area (Å²) in [7, 11) is 3.52. The van der Waals surface area contributed by atoms with Gasteiger partial charge in [-0.2, -0.15) is 0 Å². The summed E-state index contributed by atoms with van der Waals surface area (Å²) in [6.45, 7) is 7.29. The number of rotatable bonds is 7. The first-order valence-electron chi connectivity index (χ1n) is 11.0. The molecule has 2 aliphatic rings. The summed E-state index contributed by atoms with van der Waals surface area (Å²) in [6.07, 6.45) is 3.46. The molecule has 2 fully saturated rings. The van der Waals surface area contributed by atoms with Gasteiger partial charge in [0.1, 0.15) is 6.54 Å². The van der Waals surface area contributed by atoms with E-state index in [0.717, 1.165) is 49.3 Å². The molecule has 0 radical (unpaired) electrons. The number of guanidine groups is 1. The molecule has 2 N–H and O–H groups in total. The predicted molar refractivity (Wildman–Crippen MR) is 124 cm³/mol. The van der Waals surface area contributed by atoms with Crippen LogP contribution in [0, 0.1) is 0 Å². The van der Waals surface area contributed by atoms with Crippen molar-refractivity contribution in [3.8, 4) is 0 Å². The summed E-state index contributed by atoms with van der Waals surface area (Å²) in [5.74, 6) is 0.727. The van der Waals surface area contributed by atoms with Crippen LogP contribution in [0.1, 0.15) is 26.2 Å². The maximum Gasteiger partial charge on any atom is 0.243 e. The summed E-state index contributed by atoms with van der Waals surface area (Å²) < 4.78 is 0. The van der Waals surface area contributed by atoms with Crippen molar-refractivity contribution >= 4 is 29.2 Å². The van der Waals surface area contributed by atoms with Crippen LogP contribution in [0.5, 0.6) is 0 Å². The third kappa shape index (κ3) is 6.25. The minimum atomic E-state index is -0.000808. The zero-order valence-corrected chi connectivity index (χ0v) is 19.2. The first kappa shape index (κ1) is 22.7. The number of hydrogen-bond donors (Lipinski definition) is 2. The molecule has 166 valence electrons. The Morgan fingerprint density at radius 3 is 2.87 bits per heavy atom. The molecule has 1 amide bonds. The largest absolute Gasteiger partial charge is 0.369 e. The van der Waals surface area contributed by atoms with Crippen molar-refractivity contribution in [1.82, 2.24) is 20.4 Å². The number of amides is 1. The van der Waals surface area contributed by atoms with Gasteiger partial charge in [0.05, 0.1) is 0 Å². The molecule has 2 heterocycles. The Bertz CT molecular complexity index is 740. The molecular weight excluding hydrogens is 400 g/mol. The Hall–Kier alpha value is -1.99. The average Bonchev–Trinajstić information content (AvgIpc) is 3.38. The number of halogens is 1. The molecular formula is C22H35ClN6O. The second-order valence-corrected chi connectivity index (χ2v) is 8.75. The molecule has 2 saturated heterocycles. The van der Waals surface area contributed by atoms with E-state index in [9.17, 15) is 4.79 Å². The highest BCUT2D eigenvalue weighted by Crippen LogP contribution is 2.23. The normalized spacial score (nSPS) is 22.4. The molecule has 8 heteroatoms. The summed E-state index contributed by atoms with van der Waals surface area (Å²) in [5, 5.41) is 7.81. The molecule has 1 aromatic carbocycles. The number of nitrogens with zero attached hydrogens (tertiary/aromatic N) is 4. The Labute approximate surface area is 185 Å². The summed E-state index contributed by atoms with van der Waals surface area (Å²) in [5.41, 5.74) is 1.14. The van der Waals surface area contributed by atoms with Gasteiger partial charge < -0.3 is 20.4 Å². The summed E-state index contributed by atoms with van der Waals surface area (Å²) in [4.78, 5) is 23.0. The van der Waals surface area contributed by atoms with E-state index in [0.29, 0.717) is 6.04 Å². The molecule has 2 aliphatic heterocycles. The van der Waals surface area contributed by atoms with E-state index in [2.05, 4.69) is 38.4 Å². The van der Waals surface area contributed by atoms with Crippen LogP contribution in [0.3, 0.4) is 0 Å². The van der Waals surface area contributed by atoms with Crippen LogP contribution in [-0.2, 0) is 4.79 Å². The van der Waals surface area contributed by atoms with Gasteiger partial charge in [-0.05, 0) is 50.6 Å². The first-order valence-corrected chi connectivity index (χ1v) is 11.3. The van der Waals surface area contributed by atoms with Crippen molar-refractivity contribution in [3.05, 3.63) is 29.3 Å². The lowest BCUT2D eigenvalue weighted by Gasteiger charge is -2.25. The van der Waals surface area contributed by atoms with Gasteiger partial charge in [0.25, 0.3) is 0 Å². The van der Waals surface area contributed by atoms with Gasteiger partial charge in [0.2, 0.25) is 5.91 Å². The molecule has 0 spiro atoms. The van der Waals surface area contributed by atoms with Gasteiger partial charge in [-0.3, -0.25) is 9.69 Å². The molecule has 30 heavy (non-hydrogen) atoms. The van der Waals surface area contributed by atoms with Crippen LogP contribution < -0.4 is 15.5 Å². The minimum absolute atomic E-state index is 0.000808. The zero-order chi connectivity index (χ0) is 21.5. The summed E-state index contributed by atoms with van der Waals surface area (Å²) >= 11 is 6.16. The predicted octanol–water partition coefficient (Wildman–Crippen LogP) is 2.03. The number of carbonyl (C=O) groups excluding carboxylic acids is 1. The molecule has 0 aliphatic carbocycles. The maximum atomic E-state index is 12.0. The van der Waals surface area contributed by atoms with Crippen molar-refractivity contribution in [2.45, 2.75) is 38.3 Å². The smallest absolute Gasteiger partial charge is 0.243 e. The lowest BCUT2D eigenvalue weighted by Crippen LogP contribution is -2.49. The quantitative estimate of drug-likeness (QED) is 0.508. The standard InChI is InChI=1S/C22H35ClN6O/c1-4-28-11-6-9-20(28)14-24-22(25-15-21(30)27(2)3)26-18-10-12-29(16-18)19-8-5-7-17(23)13-19/h5,7-8,13,18,20H,4,6,9-12,14-16H2,1-3H3,(H2,24,25,26). The lowest BCUT2D eigenvalue weighted by molar-refractivity contribution is -0.127. The molecule has 1 aromatic rings. The maximum absolute atomic E-state index is 12.0. The number of hydrogen-bond acceptors (Lipinski definition) is 4. The number of benzene rings is 1. The van der Waals surface area contributed by atoms with Gasteiger partial charge >= 0.3 is 0 Å². The number of anilines is 1. The first-order chi connectivity index (χ1) is 14.5. The SMILES string of the molecule is CCN1CCCC1CNC(=NCC(=O)N(C)C)NC1CCN(c2cccc(Cl)c2)C1. The fourth-order valence-electron chi connectivity index (χ4n) is 4.18.